The largest absolute Gasteiger partial charge is 0.494 e. The van der Waals surface area contributed by atoms with E-state index in [1.165, 1.54) is 46.6 Å². The Balaban J connectivity index is 2.44. The van der Waals surface area contributed by atoms with Crippen LogP contribution >= 0.6 is 0 Å². The van der Waals surface area contributed by atoms with Gasteiger partial charge in [-0.05, 0) is 42.0 Å². The summed E-state index contributed by atoms with van der Waals surface area (Å²) in [5, 5.41) is 0. The van der Waals surface area contributed by atoms with E-state index < -0.39 is 11.6 Å². The lowest BCUT2D eigenvalue weighted by atomic mass is 10.1. The predicted molar refractivity (Wildman–Crippen MR) is 88.0 cm³/mol. The van der Waals surface area contributed by atoms with Gasteiger partial charge < -0.3 is 18.9 Å². The third kappa shape index (κ3) is 3.59. The zero-order chi connectivity index (χ0) is 17.7. The van der Waals surface area contributed by atoms with Crippen LogP contribution in [0.3, 0.4) is 0 Å². The van der Waals surface area contributed by atoms with Crippen LogP contribution in [0, 0.1) is 5.82 Å². The molecule has 0 bridgehead atoms. The van der Waals surface area contributed by atoms with Crippen LogP contribution in [0.15, 0.2) is 30.3 Å². The summed E-state index contributed by atoms with van der Waals surface area (Å²) in [5.41, 5.74) is 0.584. The third-order valence-electron chi connectivity index (χ3n) is 3.41. The molecule has 0 heterocycles. The van der Waals surface area contributed by atoms with Gasteiger partial charge in [0.05, 0.1) is 28.4 Å². The Morgan fingerprint density at radius 2 is 1.42 bits per heavy atom. The van der Waals surface area contributed by atoms with Gasteiger partial charge in [-0.2, -0.15) is 0 Å². The summed E-state index contributed by atoms with van der Waals surface area (Å²) >= 11 is 0. The second-order valence-corrected chi connectivity index (χ2v) is 4.80. The minimum Gasteiger partial charge on any atom is -0.494 e. The lowest BCUT2D eigenvalue weighted by molar-refractivity contribution is 0.324. The van der Waals surface area contributed by atoms with E-state index >= 15 is 0 Å². The fraction of sp³-hybridized carbons (Fsp3) is 0.222. The minimum atomic E-state index is -0.636. The van der Waals surface area contributed by atoms with Crippen LogP contribution in [0.4, 0.5) is 8.78 Å². The van der Waals surface area contributed by atoms with Crippen LogP contribution < -0.4 is 18.9 Å². The van der Waals surface area contributed by atoms with Crippen molar-refractivity contribution in [3.05, 3.63) is 47.3 Å². The number of benzene rings is 2. The van der Waals surface area contributed by atoms with Gasteiger partial charge in [0.1, 0.15) is 5.83 Å². The monoisotopic (exact) mass is 336 g/mol. The molecule has 128 valence electrons. The molecule has 0 radical (unpaired) electrons. The maximum absolute atomic E-state index is 14.4. The quantitative estimate of drug-likeness (QED) is 0.736. The first-order valence-electron chi connectivity index (χ1n) is 7.05. The Morgan fingerprint density at radius 3 is 1.88 bits per heavy atom. The number of methoxy groups -OCH3 is 4. The average Bonchev–Trinajstić information content (AvgIpc) is 2.60. The van der Waals surface area contributed by atoms with Crippen molar-refractivity contribution >= 4 is 11.9 Å². The van der Waals surface area contributed by atoms with Crippen molar-refractivity contribution in [3.63, 3.8) is 0 Å². The maximum atomic E-state index is 14.4. The highest BCUT2D eigenvalue weighted by Crippen LogP contribution is 2.39. The molecule has 0 unspecified atom stereocenters. The average molecular weight is 336 g/mol. The van der Waals surface area contributed by atoms with Crippen LogP contribution in [0.5, 0.6) is 23.0 Å². The van der Waals surface area contributed by atoms with Gasteiger partial charge in [-0.1, -0.05) is 0 Å². The van der Waals surface area contributed by atoms with E-state index in [1.807, 2.05) is 0 Å². The van der Waals surface area contributed by atoms with Crippen molar-refractivity contribution in [1.82, 2.24) is 0 Å². The van der Waals surface area contributed by atoms with E-state index in [9.17, 15) is 8.78 Å². The number of hydrogen-bond donors (Lipinski definition) is 0. The van der Waals surface area contributed by atoms with Crippen molar-refractivity contribution in [2.45, 2.75) is 0 Å². The zero-order valence-electron chi connectivity index (χ0n) is 13.9. The highest BCUT2D eigenvalue weighted by molar-refractivity contribution is 5.78. The normalized spacial score (nSPS) is 11.2. The maximum Gasteiger partial charge on any atom is 0.203 e. The van der Waals surface area contributed by atoms with Crippen molar-refractivity contribution in [3.8, 4) is 23.0 Å². The molecule has 0 aromatic heterocycles. The lowest BCUT2D eigenvalue weighted by Gasteiger charge is -2.13. The molecule has 0 spiro atoms. The van der Waals surface area contributed by atoms with Gasteiger partial charge in [-0.15, -0.1) is 0 Å². The fourth-order valence-electron chi connectivity index (χ4n) is 2.23. The van der Waals surface area contributed by atoms with E-state index in [-0.39, 0.29) is 11.3 Å². The molecule has 0 amide bonds. The van der Waals surface area contributed by atoms with Crippen LogP contribution in [0.1, 0.15) is 11.1 Å². The molecule has 0 fully saturated rings. The summed E-state index contributed by atoms with van der Waals surface area (Å²) in [4.78, 5) is 0. The molecule has 0 atom stereocenters. The molecule has 2 aromatic rings. The second-order valence-electron chi connectivity index (χ2n) is 4.80. The van der Waals surface area contributed by atoms with Crippen LogP contribution in [-0.4, -0.2) is 28.4 Å². The van der Waals surface area contributed by atoms with E-state index in [0.29, 0.717) is 22.8 Å². The molecule has 2 aromatic carbocycles. The number of rotatable bonds is 6. The standard InChI is InChI=1S/C18H18F2O4/c1-21-15-6-5-12(10-14(15)20)13(19)7-11-8-16(22-2)18(24-4)17(9-11)23-3/h5-10H,1-4H3/b13-7-. The molecule has 0 aliphatic heterocycles. The Morgan fingerprint density at radius 1 is 0.833 bits per heavy atom. The highest BCUT2D eigenvalue weighted by Gasteiger charge is 2.13. The molecule has 4 nitrogen and oxygen atoms in total. The summed E-state index contributed by atoms with van der Waals surface area (Å²) in [6.45, 7) is 0. The smallest absolute Gasteiger partial charge is 0.203 e. The van der Waals surface area contributed by atoms with E-state index in [1.54, 1.807) is 12.1 Å². The molecule has 0 aliphatic rings. The fourth-order valence-corrected chi connectivity index (χ4v) is 2.23. The van der Waals surface area contributed by atoms with Crippen molar-refractivity contribution in [2.24, 2.45) is 0 Å². The molecule has 0 N–H and O–H groups in total. The summed E-state index contributed by atoms with van der Waals surface area (Å²) in [6.07, 6.45) is 1.26. The Kier molecular flexibility index (Phi) is 5.63. The van der Waals surface area contributed by atoms with Gasteiger partial charge in [0, 0.05) is 5.56 Å². The SMILES string of the molecule is COc1ccc(/C(F)=C/c2cc(OC)c(OC)c(OC)c2)cc1F. The number of hydrogen-bond acceptors (Lipinski definition) is 4. The Labute approximate surface area is 139 Å². The van der Waals surface area contributed by atoms with E-state index in [0.717, 1.165) is 6.07 Å². The van der Waals surface area contributed by atoms with Crippen molar-refractivity contribution < 1.29 is 27.7 Å². The lowest BCUT2D eigenvalue weighted by Crippen LogP contribution is -1.95. The highest BCUT2D eigenvalue weighted by atomic mass is 19.1. The number of ether oxygens (including phenoxy) is 4. The molecule has 2 rings (SSSR count). The van der Waals surface area contributed by atoms with Crippen LogP contribution in [0.25, 0.3) is 11.9 Å². The van der Waals surface area contributed by atoms with E-state index in [2.05, 4.69) is 0 Å². The molecule has 0 aliphatic carbocycles. The van der Waals surface area contributed by atoms with Gasteiger partial charge in [-0.3, -0.25) is 0 Å². The Bertz CT molecular complexity index is 732. The van der Waals surface area contributed by atoms with Gasteiger partial charge in [-0.25, -0.2) is 8.78 Å². The minimum absolute atomic E-state index is 0.0549. The first-order chi connectivity index (χ1) is 11.5. The third-order valence-corrected chi connectivity index (χ3v) is 3.41. The van der Waals surface area contributed by atoms with Crippen LogP contribution in [0.2, 0.25) is 0 Å². The molecular formula is C18H18F2O4. The molecule has 6 heteroatoms. The Hall–Kier alpha value is -2.76. The molecule has 0 saturated heterocycles. The summed E-state index contributed by atoms with van der Waals surface area (Å²) < 4.78 is 48.6. The van der Waals surface area contributed by atoms with Gasteiger partial charge in [0.15, 0.2) is 23.1 Å². The summed E-state index contributed by atoms with van der Waals surface area (Å²) in [5.74, 6) is 0.0234. The first-order valence-corrected chi connectivity index (χ1v) is 7.05. The summed E-state index contributed by atoms with van der Waals surface area (Å²) in [7, 11) is 5.77. The first kappa shape index (κ1) is 17.6. The van der Waals surface area contributed by atoms with Crippen LogP contribution in [-0.2, 0) is 0 Å². The van der Waals surface area contributed by atoms with E-state index in [4.69, 9.17) is 18.9 Å². The zero-order valence-corrected chi connectivity index (χ0v) is 13.9. The van der Waals surface area contributed by atoms with Crippen molar-refractivity contribution in [1.29, 1.82) is 0 Å². The van der Waals surface area contributed by atoms with Gasteiger partial charge in [0.2, 0.25) is 5.75 Å². The molecule has 24 heavy (non-hydrogen) atoms. The summed E-state index contributed by atoms with van der Waals surface area (Å²) in [6, 6.07) is 7.07. The second kappa shape index (κ2) is 7.68. The molecular weight excluding hydrogens is 318 g/mol. The topological polar surface area (TPSA) is 36.9 Å². The van der Waals surface area contributed by atoms with Gasteiger partial charge in [0.25, 0.3) is 0 Å². The van der Waals surface area contributed by atoms with Gasteiger partial charge >= 0.3 is 0 Å². The predicted octanol–water partition coefficient (Wildman–Crippen LogP) is 4.33. The molecule has 0 saturated carbocycles. The number of halogens is 2. The van der Waals surface area contributed by atoms with Crippen molar-refractivity contribution in [2.75, 3.05) is 28.4 Å².